The molecule has 1 aliphatic rings. The summed E-state index contributed by atoms with van der Waals surface area (Å²) in [6.07, 6.45) is 2.04. The van der Waals surface area contributed by atoms with E-state index in [2.05, 4.69) is 5.32 Å². The van der Waals surface area contributed by atoms with Crippen LogP contribution in [-0.4, -0.2) is 23.8 Å². The topological polar surface area (TPSA) is 41.5 Å². The Labute approximate surface area is 122 Å². The molecule has 0 spiro atoms. The van der Waals surface area contributed by atoms with Crippen LogP contribution in [0.5, 0.6) is 5.75 Å². The van der Waals surface area contributed by atoms with Gasteiger partial charge in [0.15, 0.2) is 0 Å². The van der Waals surface area contributed by atoms with E-state index in [1.54, 1.807) is 0 Å². The fraction of sp³-hybridized carbons (Fsp3) is 0.647. The van der Waals surface area contributed by atoms with Crippen LogP contribution in [-0.2, 0) is 5.60 Å². The van der Waals surface area contributed by atoms with E-state index >= 15 is 0 Å². The van der Waals surface area contributed by atoms with Gasteiger partial charge in [-0.15, -0.1) is 0 Å². The van der Waals surface area contributed by atoms with Crippen molar-refractivity contribution in [1.82, 2.24) is 5.32 Å². The van der Waals surface area contributed by atoms with Crippen molar-refractivity contribution in [2.45, 2.75) is 51.7 Å². The predicted molar refractivity (Wildman–Crippen MR) is 82.0 cm³/mol. The van der Waals surface area contributed by atoms with Crippen molar-refractivity contribution in [2.24, 2.45) is 5.92 Å². The third-order valence-electron chi connectivity index (χ3n) is 4.00. The lowest BCUT2D eigenvalue weighted by Crippen LogP contribution is -2.39. The molecular formula is C17H27NO2. The van der Waals surface area contributed by atoms with Gasteiger partial charge in [-0.1, -0.05) is 12.1 Å². The quantitative estimate of drug-likeness (QED) is 0.892. The molecule has 0 saturated carbocycles. The van der Waals surface area contributed by atoms with Gasteiger partial charge in [0.25, 0.3) is 0 Å². The first-order chi connectivity index (χ1) is 9.29. The number of ether oxygens (including phenoxy) is 1. The second-order valence-electron chi connectivity index (χ2n) is 6.91. The highest BCUT2D eigenvalue weighted by molar-refractivity contribution is 5.31. The summed E-state index contributed by atoms with van der Waals surface area (Å²) in [7, 11) is 0. The summed E-state index contributed by atoms with van der Waals surface area (Å²) in [4.78, 5) is 0. The molecule has 0 aliphatic carbocycles. The predicted octanol–water partition coefficient (Wildman–Crippen LogP) is 3.07. The number of nitrogens with one attached hydrogen (secondary N) is 1. The van der Waals surface area contributed by atoms with Crippen molar-refractivity contribution in [1.29, 1.82) is 0 Å². The molecule has 1 saturated heterocycles. The van der Waals surface area contributed by atoms with Gasteiger partial charge in [-0.3, -0.25) is 0 Å². The van der Waals surface area contributed by atoms with Crippen molar-refractivity contribution in [3.63, 3.8) is 0 Å². The van der Waals surface area contributed by atoms with Crippen LogP contribution in [0, 0.1) is 5.92 Å². The van der Waals surface area contributed by atoms with Crippen LogP contribution in [0.15, 0.2) is 24.3 Å². The Bertz CT molecular complexity index is 425. The summed E-state index contributed by atoms with van der Waals surface area (Å²) in [6.45, 7) is 10.0. The lowest BCUT2D eigenvalue weighted by atomic mass is 9.78. The summed E-state index contributed by atoms with van der Waals surface area (Å²) in [5.74, 6) is 1.17. The van der Waals surface area contributed by atoms with E-state index in [0.717, 1.165) is 37.2 Å². The number of hydrogen-bond acceptors (Lipinski definition) is 3. The SMILES string of the molecule is CC(C)(C)Oc1ccc(C(C)(O)C2CCNCC2)cc1. The fourth-order valence-corrected chi connectivity index (χ4v) is 2.83. The number of aliphatic hydroxyl groups is 1. The summed E-state index contributed by atoms with van der Waals surface area (Å²) in [5, 5.41) is 14.2. The van der Waals surface area contributed by atoms with Crippen LogP contribution < -0.4 is 10.1 Å². The fourth-order valence-electron chi connectivity index (χ4n) is 2.83. The molecule has 1 heterocycles. The van der Waals surface area contributed by atoms with Gasteiger partial charge in [0.2, 0.25) is 0 Å². The first-order valence-electron chi connectivity index (χ1n) is 7.52. The minimum Gasteiger partial charge on any atom is -0.488 e. The number of hydrogen-bond donors (Lipinski definition) is 2. The third-order valence-corrected chi connectivity index (χ3v) is 4.00. The van der Waals surface area contributed by atoms with Gasteiger partial charge in [0, 0.05) is 0 Å². The van der Waals surface area contributed by atoms with Gasteiger partial charge in [-0.2, -0.15) is 0 Å². The lowest BCUT2D eigenvalue weighted by molar-refractivity contribution is -0.0187. The smallest absolute Gasteiger partial charge is 0.120 e. The molecule has 1 fully saturated rings. The highest BCUT2D eigenvalue weighted by Crippen LogP contribution is 2.35. The zero-order valence-electron chi connectivity index (χ0n) is 13.1. The minimum absolute atomic E-state index is 0.195. The molecular weight excluding hydrogens is 250 g/mol. The Morgan fingerprint density at radius 1 is 1.05 bits per heavy atom. The van der Waals surface area contributed by atoms with Crippen molar-refractivity contribution >= 4 is 0 Å². The van der Waals surface area contributed by atoms with E-state index < -0.39 is 5.60 Å². The second kappa shape index (κ2) is 5.74. The van der Waals surface area contributed by atoms with Crippen LogP contribution in [0.3, 0.4) is 0 Å². The molecule has 2 N–H and O–H groups in total. The molecule has 0 bridgehead atoms. The van der Waals surface area contributed by atoms with Crippen LogP contribution in [0.4, 0.5) is 0 Å². The van der Waals surface area contributed by atoms with Gasteiger partial charge in [0.05, 0.1) is 5.60 Å². The molecule has 0 aromatic heterocycles. The molecule has 1 aromatic rings. The first kappa shape index (κ1) is 15.3. The Hall–Kier alpha value is -1.06. The normalized spacial score (nSPS) is 20.4. The van der Waals surface area contributed by atoms with Gasteiger partial charge in [-0.05, 0) is 77.2 Å². The molecule has 1 aromatic carbocycles. The van der Waals surface area contributed by atoms with E-state index in [0.29, 0.717) is 5.92 Å². The summed E-state index contributed by atoms with van der Waals surface area (Å²) >= 11 is 0. The van der Waals surface area contributed by atoms with E-state index in [-0.39, 0.29) is 5.60 Å². The maximum atomic E-state index is 10.9. The molecule has 1 atom stereocenters. The number of piperidine rings is 1. The van der Waals surface area contributed by atoms with Crippen molar-refractivity contribution in [3.8, 4) is 5.75 Å². The number of rotatable bonds is 3. The van der Waals surface area contributed by atoms with Crippen LogP contribution in [0.25, 0.3) is 0 Å². The maximum Gasteiger partial charge on any atom is 0.120 e. The van der Waals surface area contributed by atoms with Crippen molar-refractivity contribution in [2.75, 3.05) is 13.1 Å². The number of benzene rings is 1. The maximum absolute atomic E-state index is 10.9. The standard InChI is InChI=1S/C17H27NO2/c1-16(2,3)20-15-7-5-13(6-8-15)17(4,19)14-9-11-18-12-10-14/h5-8,14,18-19H,9-12H2,1-4H3. The average Bonchev–Trinajstić information content (AvgIpc) is 2.38. The minimum atomic E-state index is -0.762. The molecule has 2 rings (SSSR count). The van der Waals surface area contributed by atoms with Crippen LogP contribution in [0.2, 0.25) is 0 Å². The molecule has 112 valence electrons. The van der Waals surface area contributed by atoms with E-state index in [9.17, 15) is 5.11 Å². The zero-order chi connectivity index (χ0) is 14.8. The van der Waals surface area contributed by atoms with E-state index in [1.807, 2.05) is 52.0 Å². The summed E-state index contributed by atoms with van der Waals surface area (Å²) < 4.78 is 5.82. The largest absolute Gasteiger partial charge is 0.488 e. The van der Waals surface area contributed by atoms with Crippen molar-refractivity contribution in [3.05, 3.63) is 29.8 Å². The highest BCUT2D eigenvalue weighted by Gasteiger charge is 2.34. The van der Waals surface area contributed by atoms with Crippen LogP contribution in [0.1, 0.15) is 46.1 Å². The van der Waals surface area contributed by atoms with Gasteiger partial charge >= 0.3 is 0 Å². The summed E-state index contributed by atoms with van der Waals surface area (Å²) in [6, 6.07) is 7.89. The Morgan fingerprint density at radius 3 is 2.10 bits per heavy atom. The molecule has 20 heavy (non-hydrogen) atoms. The zero-order valence-corrected chi connectivity index (χ0v) is 13.1. The van der Waals surface area contributed by atoms with Crippen LogP contribution >= 0.6 is 0 Å². The third kappa shape index (κ3) is 3.74. The lowest BCUT2D eigenvalue weighted by Gasteiger charge is -2.36. The molecule has 0 radical (unpaired) electrons. The monoisotopic (exact) mass is 277 g/mol. The average molecular weight is 277 g/mol. The van der Waals surface area contributed by atoms with E-state index in [4.69, 9.17) is 4.74 Å². The highest BCUT2D eigenvalue weighted by atomic mass is 16.5. The molecule has 3 nitrogen and oxygen atoms in total. The Kier molecular flexibility index (Phi) is 4.40. The Morgan fingerprint density at radius 2 is 1.60 bits per heavy atom. The summed E-state index contributed by atoms with van der Waals surface area (Å²) in [5.41, 5.74) is 0.0206. The van der Waals surface area contributed by atoms with E-state index in [1.165, 1.54) is 0 Å². The molecule has 1 aliphatic heterocycles. The Balaban J connectivity index is 2.11. The molecule has 1 unspecified atom stereocenters. The first-order valence-corrected chi connectivity index (χ1v) is 7.52. The molecule has 0 amide bonds. The van der Waals surface area contributed by atoms with Gasteiger partial charge in [0.1, 0.15) is 11.4 Å². The van der Waals surface area contributed by atoms with Gasteiger partial charge in [-0.25, -0.2) is 0 Å². The molecule has 3 heteroatoms. The second-order valence-corrected chi connectivity index (χ2v) is 6.91. The van der Waals surface area contributed by atoms with Crippen molar-refractivity contribution < 1.29 is 9.84 Å². The van der Waals surface area contributed by atoms with Gasteiger partial charge < -0.3 is 15.2 Å².